The van der Waals surface area contributed by atoms with Crippen molar-refractivity contribution in [1.29, 1.82) is 0 Å². The van der Waals surface area contributed by atoms with Crippen LogP contribution in [0.25, 0.3) is 0 Å². The van der Waals surface area contributed by atoms with Crippen LogP contribution in [0.5, 0.6) is 0 Å². The Balaban J connectivity index is 2.77. The van der Waals surface area contributed by atoms with E-state index in [0.717, 1.165) is 5.56 Å². The lowest BCUT2D eigenvalue weighted by atomic mass is 10.1. The Morgan fingerprint density at radius 1 is 1.36 bits per heavy atom. The highest BCUT2D eigenvalue weighted by molar-refractivity contribution is 5.19. The highest BCUT2D eigenvalue weighted by atomic mass is 19.1. The maximum Gasteiger partial charge on any atom is 0.126 e. The number of allylic oxidation sites excluding steroid dienone is 2. The Kier molecular flexibility index (Phi) is 2.84. The summed E-state index contributed by atoms with van der Waals surface area (Å²) in [6.45, 7) is 1.93. The van der Waals surface area contributed by atoms with Gasteiger partial charge in [-0.2, -0.15) is 0 Å². The van der Waals surface area contributed by atoms with Crippen molar-refractivity contribution in [2.45, 2.75) is 13.3 Å². The standard InChI is InChI=1S/C10H11F/c1-2-3-6-9-7-4-5-8-10(9)11/h2-5,7-8H,6H2,1H3. The van der Waals surface area contributed by atoms with Crippen LogP contribution >= 0.6 is 0 Å². The molecule has 1 aromatic rings. The molecule has 11 heavy (non-hydrogen) atoms. The first-order valence-electron chi connectivity index (χ1n) is 3.69. The van der Waals surface area contributed by atoms with E-state index in [1.807, 2.05) is 25.1 Å². The monoisotopic (exact) mass is 150 g/mol. The van der Waals surface area contributed by atoms with Crippen molar-refractivity contribution in [3.63, 3.8) is 0 Å². The van der Waals surface area contributed by atoms with Gasteiger partial charge in [0.25, 0.3) is 0 Å². The van der Waals surface area contributed by atoms with E-state index in [4.69, 9.17) is 0 Å². The second-order valence-corrected chi connectivity index (χ2v) is 2.36. The lowest BCUT2D eigenvalue weighted by molar-refractivity contribution is 0.615. The van der Waals surface area contributed by atoms with E-state index in [1.165, 1.54) is 6.07 Å². The highest BCUT2D eigenvalue weighted by Gasteiger charge is 1.95. The molecule has 1 heteroatoms. The highest BCUT2D eigenvalue weighted by Crippen LogP contribution is 2.06. The first-order chi connectivity index (χ1) is 5.34. The molecule has 0 heterocycles. The fourth-order valence-electron chi connectivity index (χ4n) is 0.909. The summed E-state index contributed by atoms with van der Waals surface area (Å²) in [4.78, 5) is 0. The number of rotatable bonds is 2. The van der Waals surface area contributed by atoms with Crippen LogP contribution in [-0.4, -0.2) is 0 Å². The Morgan fingerprint density at radius 2 is 2.09 bits per heavy atom. The normalized spacial score (nSPS) is 10.7. The molecule has 0 aliphatic rings. The predicted molar refractivity (Wildman–Crippen MR) is 44.9 cm³/mol. The molecule has 0 bridgehead atoms. The largest absolute Gasteiger partial charge is 0.207 e. The maximum absolute atomic E-state index is 12.9. The summed E-state index contributed by atoms with van der Waals surface area (Å²) in [5.74, 6) is -0.120. The molecule has 0 atom stereocenters. The SMILES string of the molecule is CC=CCc1ccccc1F. The average Bonchev–Trinajstić information content (AvgIpc) is 2.03. The molecular weight excluding hydrogens is 139 g/mol. The number of halogens is 1. The lowest BCUT2D eigenvalue weighted by Crippen LogP contribution is -1.85. The Hall–Kier alpha value is -1.11. The topological polar surface area (TPSA) is 0 Å². The molecule has 0 aliphatic heterocycles. The van der Waals surface area contributed by atoms with Crippen molar-refractivity contribution in [2.24, 2.45) is 0 Å². The van der Waals surface area contributed by atoms with Crippen molar-refractivity contribution in [2.75, 3.05) is 0 Å². The van der Waals surface area contributed by atoms with Gasteiger partial charge in [0.1, 0.15) is 5.82 Å². The van der Waals surface area contributed by atoms with Gasteiger partial charge in [-0.25, -0.2) is 4.39 Å². The van der Waals surface area contributed by atoms with Gasteiger partial charge in [0.15, 0.2) is 0 Å². The first-order valence-corrected chi connectivity index (χ1v) is 3.69. The Morgan fingerprint density at radius 3 is 2.73 bits per heavy atom. The van der Waals surface area contributed by atoms with E-state index in [0.29, 0.717) is 6.42 Å². The van der Waals surface area contributed by atoms with Crippen LogP contribution in [-0.2, 0) is 6.42 Å². The van der Waals surface area contributed by atoms with Gasteiger partial charge in [-0.05, 0) is 25.0 Å². The van der Waals surface area contributed by atoms with Gasteiger partial charge in [0, 0.05) is 0 Å². The molecule has 0 unspecified atom stereocenters. The van der Waals surface area contributed by atoms with E-state index < -0.39 is 0 Å². The number of hydrogen-bond acceptors (Lipinski definition) is 0. The van der Waals surface area contributed by atoms with Crippen LogP contribution in [0.3, 0.4) is 0 Å². The molecule has 1 aromatic carbocycles. The molecule has 0 radical (unpaired) electrons. The van der Waals surface area contributed by atoms with E-state index in [2.05, 4.69) is 0 Å². The van der Waals surface area contributed by atoms with Crippen LogP contribution in [0.15, 0.2) is 36.4 Å². The summed E-state index contributed by atoms with van der Waals surface area (Å²) in [5.41, 5.74) is 0.755. The lowest BCUT2D eigenvalue weighted by Gasteiger charge is -1.96. The minimum Gasteiger partial charge on any atom is -0.207 e. The Bertz CT molecular complexity index is 251. The summed E-state index contributed by atoms with van der Waals surface area (Å²) < 4.78 is 12.9. The fraction of sp³-hybridized carbons (Fsp3) is 0.200. The second kappa shape index (κ2) is 3.91. The van der Waals surface area contributed by atoms with E-state index in [-0.39, 0.29) is 5.82 Å². The minimum absolute atomic E-state index is 0.120. The summed E-state index contributed by atoms with van der Waals surface area (Å²) in [5, 5.41) is 0. The summed E-state index contributed by atoms with van der Waals surface area (Å²) in [7, 11) is 0. The van der Waals surface area contributed by atoms with Gasteiger partial charge in [0.05, 0.1) is 0 Å². The van der Waals surface area contributed by atoms with Gasteiger partial charge in [0.2, 0.25) is 0 Å². The molecule has 0 saturated heterocycles. The quantitative estimate of drug-likeness (QED) is 0.568. The molecule has 0 nitrogen and oxygen atoms in total. The molecule has 0 aromatic heterocycles. The van der Waals surface area contributed by atoms with Gasteiger partial charge in [-0.15, -0.1) is 0 Å². The van der Waals surface area contributed by atoms with Crippen LogP contribution < -0.4 is 0 Å². The third-order valence-corrected chi connectivity index (χ3v) is 1.53. The van der Waals surface area contributed by atoms with Crippen LogP contribution in [0.2, 0.25) is 0 Å². The van der Waals surface area contributed by atoms with E-state index in [9.17, 15) is 4.39 Å². The van der Waals surface area contributed by atoms with Crippen molar-refractivity contribution in [3.8, 4) is 0 Å². The van der Waals surface area contributed by atoms with Gasteiger partial charge >= 0.3 is 0 Å². The molecule has 0 aliphatic carbocycles. The fourth-order valence-corrected chi connectivity index (χ4v) is 0.909. The van der Waals surface area contributed by atoms with Crippen molar-refractivity contribution in [3.05, 3.63) is 47.8 Å². The smallest absolute Gasteiger partial charge is 0.126 e. The third-order valence-electron chi connectivity index (χ3n) is 1.53. The van der Waals surface area contributed by atoms with Crippen LogP contribution in [0.4, 0.5) is 4.39 Å². The third kappa shape index (κ3) is 2.19. The van der Waals surface area contributed by atoms with Crippen molar-refractivity contribution < 1.29 is 4.39 Å². The van der Waals surface area contributed by atoms with Crippen LogP contribution in [0, 0.1) is 5.82 Å². The van der Waals surface area contributed by atoms with Gasteiger partial charge in [-0.3, -0.25) is 0 Å². The van der Waals surface area contributed by atoms with E-state index in [1.54, 1.807) is 12.1 Å². The summed E-state index contributed by atoms with van der Waals surface area (Å²) >= 11 is 0. The summed E-state index contributed by atoms with van der Waals surface area (Å²) in [6.07, 6.45) is 4.55. The van der Waals surface area contributed by atoms with Crippen molar-refractivity contribution in [1.82, 2.24) is 0 Å². The van der Waals surface area contributed by atoms with Gasteiger partial charge in [-0.1, -0.05) is 30.4 Å². The Labute approximate surface area is 66.4 Å². The minimum atomic E-state index is -0.120. The van der Waals surface area contributed by atoms with E-state index >= 15 is 0 Å². The maximum atomic E-state index is 12.9. The number of hydrogen-bond donors (Lipinski definition) is 0. The zero-order valence-electron chi connectivity index (χ0n) is 6.55. The number of benzene rings is 1. The average molecular weight is 150 g/mol. The molecule has 1 rings (SSSR count). The first kappa shape index (κ1) is 7.99. The molecule has 58 valence electrons. The molecule has 0 amide bonds. The molecule has 0 N–H and O–H groups in total. The molecule has 0 fully saturated rings. The summed E-state index contributed by atoms with van der Waals surface area (Å²) in [6, 6.07) is 6.84. The molecule has 0 spiro atoms. The predicted octanol–water partition coefficient (Wildman–Crippen LogP) is 2.94. The van der Waals surface area contributed by atoms with Crippen molar-refractivity contribution >= 4 is 0 Å². The molecule has 0 saturated carbocycles. The zero-order chi connectivity index (χ0) is 8.10. The zero-order valence-corrected chi connectivity index (χ0v) is 6.55. The van der Waals surface area contributed by atoms with Crippen LogP contribution in [0.1, 0.15) is 12.5 Å². The second-order valence-electron chi connectivity index (χ2n) is 2.36. The van der Waals surface area contributed by atoms with Gasteiger partial charge < -0.3 is 0 Å². The molecular formula is C10H11F.